The number of esters is 1. The number of aromatic nitrogens is 2. The van der Waals surface area contributed by atoms with Gasteiger partial charge in [-0.1, -0.05) is 54.1 Å². The van der Waals surface area contributed by atoms with E-state index < -0.39 is 0 Å². The number of nitrogens with zero attached hydrogens (tertiary/aromatic N) is 3. The Hall–Kier alpha value is -2.63. The highest BCUT2D eigenvalue weighted by molar-refractivity contribution is 6.30. The van der Waals surface area contributed by atoms with Gasteiger partial charge in [-0.25, -0.2) is 4.98 Å². The molecule has 144 valence electrons. The molecule has 6 heteroatoms. The van der Waals surface area contributed by atoms with Crippen molar-refractivity contribution in [2.24, 2.45) is 0 Å². The van der Waals surface area contributed by atoms with E-state index >= 15 is 0 Å². The lowest BCUT2D eigenvalue weighted by Gasteiger charge is -2.34. The average molecular weight is 396 g/mol. The molecule has 0 aliphatic carbocycles. The SMILES string of the molecule is COC(=O)C1Cc2ncn(Cc3ccc(Cl)cc3)c2CN1Cc1ccccc1. The van der Waals surface area contributed by atoms with E-state index in [9.17, 15) is 4.79 Å². The molecule has 5 nitrogen and oxygen atoms in total. The topological polar surface area (TPSA) is 47.4 Å². The van der Waals surface area contributed by atoms with Gasteiger partial charge in [-0.3, -0.25) is 9.69 Å². The number of imidazole rings is 1. The first-order chi connectivity index (χ1) is 13.6. The van der Waals surface area contributed by atoms with Crippen molar-refractivity contribution in [3.8, 4) is 0 Å². The Morgan fingerprint density at radius 1 is 1.11 bits per heavy atom. The molecule has 1 aromatic heterocycles. The number of benzene rings is 2. The van der Waals surface area contributed by atoms with Gasteiger partial charge in [-0.2, -0.15) is 0 Å². The van der Waals surface area contributed by atoms with Gasteiger partial charge in [-0.05, 0) is 23.3 Å². The Morgan fingerprint density at radius 3 is 2.54 bits per heavy atom. The van der Waals surface area contributed by atoms with Crippen LogP contribution >= 0.6 is 11.6 Å². The molecule has 0 saturated carbocycles. The summed E-state index contributed by atoms with van der Waals surface area (Å²) < 4.78 is 7.22. The minimum absolute atomic E-state index is 0.214. The summed E-state index contributed by atoms with van der Waals surface area (Å²) in [5.41, 5.74) is 4.44. The maximum atomic E-state index is 12.4. The van der Waals surface area contributed by atoms with Crippen molar-refractivity contribution in [1.29, 1.82) is 0 Å². The van der Waals surface area contributed by atoms with E-state index in [1.807, 2.05) is 48.8 Å². The van der Waals surface area contributed by atoms with E-state index in [-0.39, 0.29) is 12.0 Å². The van der Waals surface area contributed by atoms with Gasteiger partial charge in [-0.15, -0.1) is 0 Å². The van der Waals surface area contributed by atoms with Crippen LogP contribution < -0.4 is 0 Å². The molecule has 0 N–H and O–H groups in total. The number of halogens is 1. The van der Waals surface area contributed by atoms with Gasteiger partial charge in [0.25, 0.3) is 0 Å². The minimum Gasteiger partial charge on any atom is -0.468 e. The fourth-order valence-electron chi connectivity index (χ4n) is 3.69. The van der Waals surface area contributed by atoms with Crippen LogP contribution in [0.15, 0.2) is 60.9 Å². The van der Waals surface area contributed by atoms with E-state index in [0.717, 1.165) is 28.5 Å². The van der Waals surface area contributed by atoms with Crippen LogP contribution in [0.3, 0.4) is 0 Å². The summed E-state index contributed by atoms with van der Waals surface area (Å²) >= 11 is 5.99. The van der Waals surface area contributed by atoms with Gasteiger partial charge in [0.2, 0.25) is 0 Å². The third-order valence-electron chi connectivity index (χ3n) is 5.18. The lowest BCUT2D eigenvalue weighted by atomic mass is 10.0. The second-order valence-electron chi connectivity index (χ2n) is 7.03. The Morgan fingerprint density at radius 2 is 1.82 bits per heavy atom. The van der Waals surface area contributed by atoms with Crippen LogP contribution in [0.4, 0.5) is 0 Å². The Bertz CT molecular complexity index is 954. The van der Waals surface area contributed by atoms with Crippen molar-refractivity contribution in [2.75, 3.05) is 7.11 Å². The molecule has 1 aliphatic heterocycles. The molecule has 28 heavy (non-hydrogen) atoms. The standard InChI is InChI=1S/C22H22ClN3O2/c1-28-22(27)20-11-19-21(14-25(20)12-16-5-3-2-4-6-16)26(15-24-19)13-17-7-9-18(23)10-8-17/h2-10,15,20H,11-14H2,1H3. The van der Waals surface area contributed by atoms with Crippen LogP contribution in [0.5, 0.6) is 0 Å². The summed E-state index contributed by atoms with van der Waals surface area (Å²) in [4.78, 5) is 19.1. The van der Waals surface area contributed by atoms with Crippen LogP contribution in [0.2, 0.25) is 5.02 Å². The van der Waals surface area contributed by atoms with Gasteiger partial charge in [0.15, 0.2) is 0 Å². The van der Waals surface area contributed by atoms with Crippen LogP contribution in [-0.4, -0.2) is 33.6 Å². The molecular weight excluding hydrogens is 374 g/mol. The average Bonchev–Trinajstić information content (AvgIpc) is 3.11. The molecule has 1 aliphatic rings. The zero-order valence-corrected chi connectivity index (χ0v) is 16.5. The minimum atomic E-state index is -0.323. The van der Waals surface area contributed by atoms with E-state index in [0.29, 0.717) is 19.5 Å². The predicted molar refractivity (Wildman–Crippen MR) is 108 cm³/mol. The van der Waals surface area contributed by atoms with E-state index in [1.165, 1.54) is 12.7 Å². The van der Waals surface area contributed by atoms with Crippen LogP contribution in [0, 0.1) is 0 Å². The van der Waals surface area contributed by atoms with Crippen molar-refractivity contribution in [3.63, 3.8) is 0 Å². The van der Waals surface area contributed by atoms with Gasteiger partial charge < -0.3 is 9.30 Å². The highest BCUT2D eigenvalue weighted by atomic mass is 35.5. The summed E-state index contributed by atoms with van der Waals surface area (Å²) in [6.45, 7) is 2.06. The molecule has 0 saturated heterocycles. The fourth-order valence-corrected chi connectivity index (χ4v) is 3.82. The summed E-state index contributed by atoms with van der Waals surface area (Å²) in [5.74, 6) is -0.214. The second-order valence-corrected chi connectivity index (χ2v) is 7.46. The number of ether oxygens (including phenoxy) is 1. The Balaban J connectivity index is 1.60. The van der Waals surface area contributed by atoms with Crippen LogP contribution in [0.25, 0.3) is 0 Å². The van der Waals surface area contributed by atoms with Crippen molar-refractivity contribution in [1.82, 2.24) is 14.5 Å². The van der Waals surface area contributed by atoms with Crippen molar-refractivity contribution in [2.45, 2.75) is 32.1 Å². The number of rotatable bonds is 5. The Labute approximate surface area is 169 Å². The number of hydrogen-bond acceptors (Lipinski definition) is 4. The van der Waals surface area contributed by atoms with Crippen molar-refractivity contribution < 1.29 is 9.53 Å². The molecule has 0 radical (unpaired) electrons. The molecule has 1 unspecified atom stereocenters. The smallest absolute Gasteiger partial charge is 0.323 e. The summed E-state index contributed by atoms with van der Waals surface area (Å²) in [6.07, 6.45) is 2.42. The zero-order chi connectivity index (χ0) is 19.5. The zero-order valence-electron chi connectivity index (χ0n) is 15.7. The highest BCUT2D eigenvalue weighted by Crippen LogP contribution is 2.26. The molecule has 0 bridgehead atoms. The fraction of sp³-hybridized carbons (Fsp3) is 0.273. The van der Waals surface area contributed by atoms with Crippen LogP contribution in [-0.2, 0) is 35.6 Å². The van der Waals surface area contributed by atoms with Gasteiger partial charge in [0.1, 0.15) is 6.04 Å². The number of carbonyl (C=O) groups is 1. The quantitative estimate of drug-likeness (QED) is 0.618. The molecule has 0 amide bonds. The molecule has 1 atom stereocenters. The van der Waals surface area contributed by atoms with E-state index in [2.05, 4.69) is 26.6 Å². The van der Waals surface area contributed by atoms with Crippen LogP contribution in [0.1, 0.15) is 22.5 Å². The van der Waals surface area contributed by atoms with Gasteiger partial charge in [0.05, 0.1) is 24.8 Å². The lowest BCUT2D eigenvalue weighted by Crippen LogP contribution is -2.46. The molecular formula is C22H22ClN3O2. The van der Waals surface area contributed by atoms with Gasteiger partial charge in [0, 0.05) is 31.1 Å². The summed E-state index contributed by atoms with van der Waals surface area (Å²) in [5, 5.41) is 0.728. The number of hydrogen-bond donors (Lipinski definition) is 0. The highest BCUT2D eigenvalue weighted by Gasteiger charge is 2.34. The third-order valence-corrected chi connectivity index (χ3v) is 5.43. The molecule has 0 spiro atoms. The number of carbonyl (C=O) groups excluding carboxylic acids is 1. The first kappa shape index (κ1) is 18.7. The number of methoxy groups -OCH3 is 1. The summed E-state index contributed by atoms with van der Waals surface area (Å²) in [6, 6.07) is 17.7. The van der Waals surface area contributed by atoms with Crippen molar-refractivity contribution in [3.05, 3.63) is 88.5 Å². The molecule has 3 aromatic rings. The van der Waals surface area contributed by atoms with E-state index in [4.69, 9.17) is 16.3 Å². The van der Waals surface area contributed by atoms with E-state index in [1.54, 1.807) is 0 Å². The normalized spacial score (nSPS) is 16.6. The first-order valence-electron chi connectivity index (χ1n) is 9.27. The Kier molecular flexibility index (Phi) is 5.46. The first-order valence-corrected chi connectivity index (χ1v) is 9.65. The maximum Gasteiger partial charge on any atom is 0.323 e. The molecule has 2 aromatic carbocycles. The molecule has 0 fully saturated rings. The predicted octanol–water partition coefficient (Wildman–Crippen LogP) is 3.68. The number of fused-ring (bicyclic) bond motifs is 1. The summed E-state index contributed by atoms with van der Waals surface area (Å²) in [7, 11) is 1.44. The monoisotopic (exact) mass is 395 g/mol. The van der Waals surface area contributed by atoms with Crippen molar-refractivity contribution >= 4 is 17.6 Å². The third kappa shape index (κ3) is 3.96. The molecule has 2 heterocycles. The van der Waals surface area contributed by atoms with Gasteiger partial charge >= 0.3 is 5.97 Å². The second kappa shape index (κ2) is 8.17. The lowest BCUT2D eigenvalue weighted by molar-refractivity contribution is -0.148. The maximum absolute atomic E-state index is 12.4. The largest absolute Gasteiger partial charge is 0.468 e. The molecule has 4 rings (SSSR count).